The number of benzene rings is 2. The first-order valence-corrected chi connectivity index (χ1v) is 9.50. The van der Waals surface area contributed by atoms with Crippen molar-refractivity contribution in [2.75, 3.05) is 0 Å². The summed E-state index contributed by atoms with van der Waals surface area (Å²) in [6.07, 6.45) is 6.59. The SMILES string of the molecule is Fc1ccc(-n2nc(CC3CC3)nc2-c2cccc(Cn3ccnn3)c2)cc1F. The van der Waals surface area contributed by atoms with Crippen molar-refractivity contribution >= 4 is 0 Å². The van der Waals surface area contributed by atoms with Gasteiger partial charge in [-0.15, -0.1) is 5.10 Å². The van der Waals surface area contributed by atoms with Gasteiger partial charge in [-0.2, -0.15) is 5.10 Å². The van der Waals surface area contributed by atoms with Gasteiger partial charge in [0.1, 0.15) is 0 Å². The molecular formula is C21H18F2N6. The maximum Gasteiger partial charge on any atom is 0.163 e. The highest BCUT2D eigenvalue weighted by molar-refractivity contribution is 5.59. The molecule has 1 fully saturated rings. The third kappa shape index (κ3) is 3.78. The molecule has 0 bridgehead atoms. The van der Waals surface area contributed by atoms with Gasteiger partial charge in [-0.05, 0) is 42.5 Å². The summed E-state index contributed by atoms with van der Waals surface area (Å²) in [7, 11) is 0. The Bertz CT molecular complexity index is 1150. The van der Waals surface area contributed by atoms with Crippen molar-refractivity contribution in [3.8, 4) is 17.1 Å². The van der Waals surface area contributed by atoms with E-state index in [0.29, 0.717) is 29.8 Å². The van der Waals surface area contributed by atoms with Crippen molar-refractivity contribution in [2.45, 2.75) is 25.8 Å². The van der Waals surface area contributed by atoms with E-state index in [9.17, 15) is 8.78 Å². The van der Waals surface area contributed by atoms with Gasteiger partial charge in [0.05, 0.1) is 18.4 Å². The molecule has 6 nitrogen and oxygen atoms in total. The van der Waals surface area contributed by atoms with Crippen LogP contribution in [0.4, 0.5) is 8.78 Å². The van der Waals surface area contributed by atoms with Gasteiger partial charge < -0.3 is 0 Å². The van der Waals surface area contributed by atoms with E-state index in [-0.39, 0.29) is 0 Å². The monoisotopic (exact) mass is 392 g/mol. The molecule has 1 saturated carbocycles. The average Bonchev–Trinajstić information content (AvgIpc) is 3.20. The largest absolute Gasteiger partial charge is 0.248 e. The van der Waals surface area contributed by atoms with Crippen LogP contribution in [0.15, 0.2) is 54.9 Å². The van der Waals surface area contributed by atoms with Gasteiger partial charge in [0.15, 0.2) is 23.3 Å². The number of rotatable bonds is 6. The summed E-state index contributed by atoms with van der Waals surface area (Å²) in [5.41, 5.74) is 2.31. The normalized spacial score (nSPS) is 13.7. The first kappa shape index (κ1) is 17.7. The van der Waals surface area contributed by atoms with Crippen molar-refractivity contribution in [2.24, 2.45) is 5.92 Å². The maximum atomic E-state index is 13.8. The van der Waals surface area contributed by atoms with Crippen LogP contribution in [0.1, 0.15) is 24.2 Å². The van der Waals surface area contributed by atoms with Gasteiger partial charge >= 0.3 is 0 Å². The molecule has 0 amide bonds. The van der Waals surface area contributed by atoms with Gasteiger partial charge in [0.25, 0.3) is 0 Å². The molecule has 4 aromatic rings. The Labute approximate surface area is 165 Å². The number of hydrogen-bond donors (Lipinski definition) is 0. The van der Waals surface area contributed by atoms with E-state index in [4.69, 9.17) is 4.98 Å². The lowest BCUT2D eigenvalue weighted by Gasteiger charge is -2.08. The molecule has 1 aliphatic rings. The molecule has 0 aliphatic heterocycles. The van der Waals surface area contributed by atoms with Gasteiger partial charge in [-0.1, -0.05) is 23.4 Å². The smallest absolute Gasteiger partial charge is 0.163 e. The van der Waals surface area contributed by atoms with Gasteiger partial charge in [0.2, 0.25) is 0 Å². The lowest BCUT2D eigenvalue weighted by Crippen LogP contribution is -2.03. The zero-order valence-corrected chi connectivity index (χ0v) is 15.5. The molecule has 0 N–H and O–H groups in total. The fourth-order valence-electron chi connectivity index (χ4n) is 3.32. The Balaban J connectivity index is 1.56. The minimum Gasteiger partial charge on any atom is -0.248 e. The highest BCUT2D eigenvalue weighted by Gasteiger charge is 2.25. The van der Waals surface area contributed by atoms with E-state index in [2.05, 4.69) is 15.4 Å². The standard InChI is InChI=1S/C21H18F2N6/c22-18-7-6-17(12-19(18)23)29-21(25-20(26-29)11-14-4-5-14)16-3-1-2-15(10-16)13-28-9-8-24-27-28/h1-3,6-10,12,14H,4-5,11,13H2. The van der Waals surface area contributed by atoms with Crippen molar-refractivity contribution in [3.63, 3.8) is 0 Å². The van der Waals surface area contributed by atoms with Crippen LogP contribution >= 0.6 is 0 Å². The Kier molecular flexibility index (Phi) is 4.38. The van der Waals surface area contributed by atoms with E-state index in [1.165, 1.54) is 18.9 Å². The number of aromatic nitrogens is 6. The zero-order valence-electron chi connectivity index (χ0n) is 15.5. The van der Waals surface area contributed by atoms with E-state index in [1.807, 2.05) is 24.3 Å². The fourth-order valence-corrected chi connectivity index (χ4v) is 3.32. The number of hydrogen-bond acceptors (Lipinski definition) is 4. The summed E-state index contributed by atoms with van der Waals surface area (Å²) in [5, 5.41) is 12.4. The molecule has 29 heavy (non-hydrogen) atoms. The molecular weight excluding hydrogens is 374 g/mol. The van der Waals surface area contributed by atoms with Gasteiger partial charge in [-0.25, -0.2) is 23.1 Å². The van der Waals surface area contributed by atoms with Gasteiger partial charge in [0, 0.05) is 24.2 Å². The van der Waals surface area contributed by atoms with Crippen LogP contribution in [0.3, 0.4) is 0 Å². The summed E-state index contributed by atoms with van der Waals surface area (Å²) in [6, 6.07) is 11.6. The first-order valence-electron chi connectivity index (χ1n) is 9.50. The summed E-state index contributed by atoms with van der Waals surface area (Å²) in [4.78, 5) is 4.73. The lowest BCUT2D eigenvalue weighted by molar-refractivity contribution is 0.507. The molecule has 0 unspecified atom stereocenters. The second-order valence-electron chi connectivity index (χ2n) is 7.31. The predicted molar refractivity (Wildman–Crippen MR) is 102 cm³/mol. The Morgan fingerprint density at radius 3 is 2.69 bits per heavy atom. The average molecular weight is 392 g/mol. The first-order chi connectivity index (χ1) is 14.2. The quantitative estimate of drug-likeness (QED) is 0.501. The molecule has 146 valence electrons. The molecule has 1 aliphatic carbocycles. The van der Waals surface area contributed by atoms with Crippen LogP contribution in [0.5, 0.6) is 0 Å². The molecule has 2 aromatic heterocycles. The third-order valence-electron chi connectivity index (χ3n) is 4.97. The molecule has 2 heterocycles. The second kappa shape index (κ2) is 7.20. The predicted octanol–water partition coefficient (Wildman–Crippen LogP) is 3.80. The Hall–Kier alpha value is -3.42. The minimum absolute atomic E-state index is 0.440. The van der Waals surface area contributed by atoms with E-state index in [1.54, 1.807) is 21.8 Å². The van der Waals surface area contributed by atoms with Crippen molar-refractivity contribution in [3.05, 3.63) is 77.9 Å². The maximum absolute atomic E-state index is 13.8. The Morgan fingerprint density at radius 2 is 1.93 bits per heavy atom. The summed E-state index contributed by atoms with van der Waals surface area (Å²) < 4.78 is 30.6. The minimum atomic E-state index is -0.910. The molecule has 0 saturated heterocycles. The van der Waals surface area contributed by atoms with Crippen LogP contribution in [-0.2, 0) is 13.0 Å². The van der Waals surface area contributed by atoms with Crippen LogP contribution in [0, 0.1) is 17.6 Å². The molecule has 8 heteroatoms. The Morgan fingerprint density at radius 1 is 1.03 bits per heavy atom. The van der Waals surface area contributed by atoms with E-state index < -0.39 is 11.6 Å². The van der Waals surface area contributed by atoms with Crippen LogP contribution in [0.25, 0.3) is 17.1 Å². The number of halogens is 2. The van der Waals surface area contributed by atoms with Crippen LogP contribution < -0.4 is 0 Å². The third-order valence-corrected chi connectivity index (χ3v) is 4.97. The fraction of sp³-hybridized carbons (Fsp3) is 0.238. The highest BCUT2D eigenvalue weighted by Crippen LogP contribution is 2.33. The van der Waals surface area contributed by atoms with Gasteiger partial charge in [-0.3, -0.25) is 0 Å². The van der Waals surface area contributed by atoms with Crippen LogP contribution in [-0.4, -0.2) is 29.8 Å². The highest BCUT2D eigenvalue weighted by atomic mass is 19.2. The summed E-state index contributed by atoms with van der Waals surface area (Å²) >= 11 is 0. The van der Waals surface area contributed by atoms with Crippen molar-refractivity contribution < 1.29 is 8.78 Å². The summed E-state index contributed by atoms with van der Waals surface area (Å²) in [5.74, 6) is 0.138. The van der Waals surface area contributed by atoms with Crippen LogP contribution in [0.2, 0.25) is 0 Å². The molecule has 0 spiro atoms. The zero-order chi connectivity index (χ0) is 19.8. The topological polar surface area (TPSA) is 61.4 Å². The summed E-state index contributed by atoms with van der Waals surface area (Å²) in [6.45, 7) is 0.572. The second-order valence-corrected chi connectivity index (χ2v) is 7.31. The van der Waals surface area contributed by atoms with E-state index in [0.717, 1.165) is 29.7 Å². The lowest BCUT2D eigenvalue weighted by atomic mass is 10.1. The number of nitrogens with zero attached hydrogens (tertiary/aromatic N) is 6. The molecule has 0 radical (unpaired) electrons. The molecule has 2 aromatic carbocycles. The molecule has 0 atom stereocenters. The van der Waals surface area contributed by atoms with Crippen molar-refractivity contribution in [1.29, 1.82) is 0 Å². The van der Waals surface area contributed by atoms with E-state index >= 15 is 0 Å². The van der Waals surface area contributed by atoms with Crippen molar-refractivity contribution in [1.82, 2.24) is 29.8 Å². The molecule has 5 rings (SSSR count).